The van der Waals surface area contributed by atoms with Crippen molar-refractivity contribution in [1.82, 2.24) is 0 Å². The molecule has 0 saturated heterocycles. The van der Waals surface area contributed by atoms with E-state index in [9.17, 15) is 4.79 Å². The molecule has 0 aliphatic carbocycles. The van der Waals surface area contributed by atoms with E-state index in [1.807, 2.05) is 24.3 Å². The first kappa shape index (κ1) is 13.4. The van der Waals surface area contributed by atoms with Gasteiger partial charge in [0, 0.05) is 17.3 Å². The lowest BCUT2D eigenvalue weighted by molar-refractivity contribution is -0.118. The molecule has 88 valence electrons. The van der Waals surface area contributed by atoms with Gasteiger partial charge in [0.25, 0.3) is 0 Å². The largest absolute Gasteiger partial charge is 0.299 e. The van der Waals surface area contributed by atoms with Gasteiger partial charge in [-0.1, -0.05) is 54.4 Å². The second kappa shape index (κ2) is 6.85. The highest BCUT2D eigenvalue weighted by Crippen LogP contribution is 2.17. The van der Waals surface area contributed by atoms with E-state index in [1.54, 1.807) is 0 Å². The van der Waals surface area contributed by atoms with E-state index in [-0.39, 0.29) is 0 Å². The highest BCUT2D eigenvalue weighted by atomic mass is 79.9. The van der Waals surface area contributed by atoms with Crippen LogP contribution in [0.3, 0.4) is 0 Å². The molecule has 0 radical (unpaired) electrons. The van der Waals surface area contributed by atoms with Crippen molar-refractivity contribution in [2.45, 2.75) is 39.5 Å². The van der Waals surface area contributed by atoms with Crippen LogP contribution in [0, 0.1) is 5.92 Å². The minimum Gasteiger partial charge on any atom is -0.299 e. The zero-order valence-electron chi connectivity index (χ0n) is 10.0. The highest BCUT2D eigenvalue weighted by molar-refractivity contribution is 9.10. The van der Waals surface area contributed by atoms with Gasteiger partial charge in [0.1, 0.15) is 5.78 Å². The number of carbonyl (C=O) groups is 1. The normalized spacial score (nSPS) is 10.8. The molecule has 16 heavy (non-hydrogen) atoms. The van der Waals surface area contributed by atoms with Crippen molar-refractivity contribution < 1.29 is 4.79 Å². The van der Waals surface area contributed by atoms with E-state index in [2.05, 4.69) is 29.8 Å². The number of hydrogen-bond acceptors (Lipinski definition) is 1. The van der Waals surface area contributed by atoms with Crippen LogP contribution in [0.25, 0.3) is 0 Å². The van der Waals surface area contributed by atoms with Crippen LogP contribution in [-0.4, -0.2) is 5.78 Å². The molecule has 0 unspecified atom stereocenters. The molecule has 0 spiro atoms. The van der Waals surface area contributed by atoms with E-state index in [0.717, 1.165) is 22.9 Å². The lowest BCUT2D eigenvalue weighted by Gasteiger charge is -2.05. The molecule has 0 aromatic heterocycles. The zero-order valence-corrected chi connectivity index (χ0v) is 11.6. The molecule has 2 heteroatoms. The van der Waals surface area contributed by atoms with Gasteiger partial charge in [0.15, 0.2) is 0 Å². The lowest BCUT2D eigenvalue weighted by Crippen LogP contribution is -2.03. The second-order valence-corrected chi connectivity index (χ2v) is 5.45. The third-order valence-electron chi connectivity index (χ3n) is 2.58. The number of rotatable bonds is 6. The Morgan fingerprint density at radius 1 is 1.31 bits per heavy atom. The van der Waals surface area contributed by atoms with Crippen LogP contribution in [0.5, 0.6) is 0 Å². The Hall–Kier alpha value is -0.630. The molecule has 0 fully saturated rings. The van der Waals surface area contributed by atoms with Crippen LogP contribution in [-0.2, 0) is 11.2 Å². The molecule has 0 aliphatic heterocycles. The van der Waals surface area contributed by atoms with E-state index in [1.165, 1.54) is 0 Å². The Balaban J connectivity index is 2.37. The van der Waals surface area contributed by atoms with E-state index >= 15 is 0 Å². The Bertz CT molecular complexity index is 344. The molecular weight excluding hydrogens is 264 g/mol. The van der Waals surface area contributed by atoms with Gasteiger partial charge >= 0.3 is 0 Å². The van der Waals surface area contributed by atoms with Gasteiger partial charge in [-0.3, -0.25) is 4.79 Å². The van der Waals surface area contributed by atoms with Crippen molar-refractivity contribution in [3.63, 3.8) is 0 Å². The fraction of sp³-hybridized carbons (Fsp3) is 0.500. The molecule has 1 aromatic carbocycles. The minimum absolute atomic E-state index is 0.340. The second-order valence-electron chi connectivity index (χ2n) is 4.59. The van der Waals surface area contributed by atoms with Crippen molar-refractivity contribution in [2.75, 3.05) is 0 Å². The summed E-state index contributed by atoms with van der Waals surface area (Å²) in [6, 6.07) is 7.93. The fourth-order valence-corrected chi connectivity index (χ4v) is 2.08. The molecule has 0 atom stereocenters. The molecule has 0 amide bonds. The van der Waals surface area contributed by atoms with Gasteiger partial charge in [-0.25, -0.2) is 0 Å². The van der Waals surface area contributed by atoms with Crippen molar-refractivity contribution in [3.8, 4) is 0 Å². The SMILES string of the molecule is CC(C)CCCC(=O)Cc1ccccc1Br. The molecule has 1 nitrogen and oxygen atoms in total. The Kier molecular flexibility index (Phi) is 5.75. The first-order valence-electron chi connectivity index (χ1n) is 5.84. The minimum atomic E-state index is 0.340. The molecule has 0 saturated carbocycles. The Morgan fingerprint density at radius 3 is 2.62 bits per heavy atom. The quantitative estimate of drug-likeness (QED) is 0.756. The summed E-state index contributed by atoms with van der Waals surface area (Å²) in [5.74, 6) is 1.03. The standard InChI is InChI=1S/C14H19BrO/c1-11(2)6-5-8-13(16)10-12-7-3-4-9-14(12)15/h3-4,7,9,11H,5-6,8,10H2,1-2H3. The van der Waals surface area contributed by atoms with Crippen molar-refractivity contribution in [1.29, 1.82) is 0 Å². The van der Waals surface area contributed by atoms with Crippen molar-refractivity contribution in [2.24, 2.45) is 5.92 Å². The number of hydrogen-bond donors (Lipinski definition) is 0. The molecule has 1 aromatic rings. The molecule has 0 heterocycles. The molecule has 0 N–H and O–H groups in total. The number of carbonyl (C=O) groups excluding carboxylic acids is 1. The maximum atomic E-state index is 11.7. The summed E-state index contributed by atoms with van der Waals surface area (Å²) < 4.78 is 1.03. The maximum Gasteiger partial charge on any atom is 0.137 e. The zero-order chi connectivity index (χ0) is 12.0. The highest BCUT2D eigenvalue weighted by Gasteiger charge is 2.06. The molecule has 0 aliphatic rings. The maximum absolute atomic E-state index is 11.7. The number of ketones is 1. The first-order chi connectivity index (χ1) is 7.59. The van der Waals surface area contributed by atoms with E-state index < -0.39 is 0 Å². The third kappa shape index (κ3) is 4.93. The molecule has 1 rings (SSSR count). The summed E-state index contributed by atoms with van der Waals surface area (Å²) in [4.78, 5) is 11.7. The Labute approximate surface area is 106 Å². The van der Waals surface area contributed by atoms with Crippen molar-refractivity contribution >= 4 is 21.7 Å². The average Bonchev–Trinajstić information content (AvgIpc) is 2.21. The first-order valence-corrected chi connectivity index (χ1v) is 6.64. The van der Waals surface area contributed by atoms with Gasteiger partial charge < -0.3 is 0 Å². The van der Waals surface area contributed by atoms with Gasteiger partial charge in [0.05, 0.1) is 0 Å². The van der Waals surface area contributed by atoms with E-state index in [4.69, 9.17) is 0 Å². The lowest BCUT2D eigenvalue weighted by atomic mass is 10.0. The van der Waals surface area contributed by atoms with E-state index in [0.29, 0.717) is 24.5 Å². The summed E-state index contributed by atoms with van der Waals surface area (Å²) in [5, 5.41) is 0. The van der Waals surface area contributed by atoms with Crippen molar-refractivity contribution in [3.05, 3.63) is 34.3 Å². The van der Waals surface area contributed by atoms with Crippen LogP contribution in [0.15, 0.2) is 28.7 Å². The Morgan fingerprint density at radius 2 is 2.00 bits per heavy atom. The number of Topliss-reactive ketones (excluding diaryl/α,β-unsaturated/α-hetero) is 1. The summed E-state index contributed by atoms with van der Waals surface area (Å²) >= 11 is 3.46. The summed E-state index contributed by atoms with van der Waals surface area (Å²) in [5.41, 5.74) is 1.09. The van der Waals surface area contributed by atoms with Gasteiger partial charge in [-0.05, 0) is 24.0 Å². The smallest absolute Gasteiger partial charge is 0.137 e. The summed E-state index contributed by atoms with van der Waals surface area (Å²) in [6.07, 6.45) is 3.42. The van der Waals surface area contributed by atoms with Crippen LogP contribution in [0.1, 0.15) is 38.7 Å². The van der Waals surface area contributed by atoms with Gasteiger partial charge in [-0.15, -0.1) is 0 Å². The third-order valence-corrected chi connectivity index (χ3v) is 3.36. The summed E-state index contributed by atoms with van der Waals surface area (Å²) in [7, 11) is 0. The monoisotopic (exact) mass is 282 g/mol. The van der Waals surface area contributed by atoms with Gasteiger partial charge in [0.2, 0.25) is 0 Å². The average molecular weight is 283 g/mol. The number of halogens is 1. The van der Waals surface area contributed by atoms with Gasteiger partial charge in [-0.2, -0.15) is 0 Å². The van der Waals surface area contributed by atoms with Crippen LogP contribution in [0.4, 0.5) is 0 Å². The summed E-state index contributed by atoms with van der Waals surface area (Å²) in [6.45, 7) is 4.39. The van der Waals surface area contributed by atoms with Crippen LogP contribution >= 0.6 is 15.9 Å². The fourth-order valence-electron chi connectivity index (χ4n) is 1.65. The predicted octanol–water partition coefficient (Wildman–Crippen LogP) is 4.39. The molecule has 0 bridgehead atoms. The van der Waals surface area contributed by atoms with Crippen LogP contribution in [0.2, 0.25) is 0 Å². The predicted molar refractivity (Wildman–Crippen MR) is 71.5 cm³/mol. The number of benzene rings is 1. The van der Waals surface area contributed by atoms with Crippen LogP contribution < -0.4 is 0 Å². The molecular formula is C14H19BrO. The topological polar surface area (TPSA) is 17.1 Å².